The van der Waals surface area contributed by atoms with Gasteiger partial charge in [-0.15, -0.1) is 0 Å². The Morgan fingerprint density at radius 1 is 1.11 bits per heavy atom. The molecule has 0 aliphatic carbocycles. The first-order valence-corrected chi connectivity index (χ1v) is 9.82. The summed E-state index contributed by atoms with van der Waals surface area (Å²) >= 11 is 10.9. The van der Waals surface area contributed by atoms with E-state index in [1.807, 2.05) is 19.1 Å². The molecule has 0 saturated carbocycles. The predicted molar refractivity (Wildman–Crippen MR) is 112 cm³/mol. The van der Waals surface area contributed by atoms with Crippen LogP contribution in [0, 0.1) is 0 Å². The molecule has 2 N–H and O–H groups in total. The summed E-state index contributed by atoms with van der Waals surface area (Å²) in [6.07, 6.45) is -2.07. The molecule has 1 aliphatic rings. The van der Waals surface area contributed by atoms with Crippen LogP contribution in [0.25, 0.3) is 0 Å². The number of hydrogen-bond acceptors (Lipinski definition) is 2. The van der Waals surface area contributed by atoms with Crippen LogP contribution in [-0.4, -0.2) is 18.2 Å². The summed E-state index contributed by atoms with van der Waals surface area (Å²) in [4.78, 5) is 2.35. The van der Waals surface area contributed by atoms with Crippen molar-refractivity contribution >= 4 is 40.3 Å². The fourth-order valence-corrected chi connectivity index (χ4v) is 3.74. The Balaban J connectivity index is 1.61. The molecule has 0 bridgehead atoms. The zero-order valence-corrected chi connectivity index (χ0v) is 16.9. The molecule has 1 unspecified atom stereocenters. The van der Waals surface area contributed by atoms with Crippen molar-refractivity contribution in [1.29, 1.82) is 0 Å². The average molecular weight is 428 g/mol. The van der Waals surface area contributed by atoms with Crippen LogP contribution in [0.3, 0.4) is 0 Å². The number of halogens is 4. The van der Waals surface area contributed by atoms with Gasteiger partial charge < -0.3 is 15.5 Å². The van der Waals surface area contributed by atoms with Gasteiger partial charge >= 0.3 is 6.18 Å². The van der Waals surface area contributed by atoms with Crippen LogP contribution in [0.2, 0.25) is 5.02 Å². The smallest absolute Gasteiger partial charge is 0.372 e. The molecule has 2 aromatic carbocycles. The molecule has 0 spiro atoms. The largest absolute Gasteiger partial charge is 0.417 e. The first kappa shape index (κ1) is 20.7. The molecule has 1 saturated heterocycles. The molecule has 1 atom stereocenters. The molecule has 1 heterocycles. The highest BCUT2D eigenvalue weighted by molar-refractivity contribution is 7.80. The van der Waals surface area contributed by atoms with E-state index in [1.54, 1.807) is 0 Å². The van der Waals surface area contributed by atoms with Crippen molar-refractivity contribution in [3.05, 3.63) is 58.6 Å². The maximum atomic E-state index is 13.0. The van der Waals surface area contributed by atoms with Gasteiger partial charge in [0, 0.05) is 24.5 Å². The summed E-state index contributed by atoms with van der Waals surface area (Å²) in [6.45, 7) is 4.12. The molecule has 8 heteroatoms. The molecular weight excluding hydrogens is 407 g/mol. The summed E-state index contributed by atoms with van der Waals surface area (Å²) in [5.74, 6) is 0. The van der Waals surface area contributed by atoms with E-state index >= 15 is 0 Å². The molecule has 3 nitrogen and oxygen atoms in total. The van der Waals surface area contributed by atoms with Crippen LogP contribution < -0.4 is 15.5 Å². The summed E-state index contributed by atoms with van der Waals surface area (Å²) in [5.41, 5.74) is 1.58. The van der Waals surface area contributed by atoms with Crippen LogP contribution in [0.4, 0.5) is 24.5 Å². The molecule has 150 valence electrons. The van der Waals surface area contributed by atoms with Crippen molar-refractivity contribution < 1.29 is 13.2 Å². The van der Waals surface area contributed by atoms with Crippen LogP contribution in [0.15, 0.2) is 42.5 Å². The number of nitrogens with one attached hydrogen (secondary N) is 2. The second-order valence-electron chi connectivity index (χ2n) is 6.80. The second-order valence-corrected chi connectivity index (χ2v) is 7.61. The van der Waals surface area contributed by atoms with E-state index in [4.69, 9.17) is 23.8 Å². The summed E-state index contributed by atoms with van der Waals surface area (Å²) in [5, 5.41) is 5.79. The van der Waals surface area contributed by atoms with Gasteiger partial charge in [-0.25, -0.2) is 0 Å². The Kier molecular flexibility index (Phi) is 6.35. The van der Waals surface area contributed by atoms with E-state index in [0.29, 0.717) is 0 Å². The Hall–Kier alpha value is -1.99. The first-order chi connectivity index (χ1) is 13.2. The molecular formula is C20H21ClF3N3S. The minimum atomic E-state index is -4.52. The Morgan fingerprint density at radius 2 is 1.75 bits per heavy atom. The normalized spacial score (nSPS) is 15.4. The Morgan fingerprint density at radius 3 is 2.36 bits per heavy atom. The maximum Gasteiger partial charge on any atom is 0.417 e. The summed E-state index contributed by atoms with van der Waals surface area (Å²) < 4.78 is 38.9. The lowest BCUT2D eigenvalue weighted by atomic mass is 10.1. The molecule has 0 radical (unpaired) electrons. The standard InChI is InChI=1S/C20H21ClF3N3S/c1-13(14-4-7-16(8-5-14)27-10-2-3-11-27)25-19(28)26-15-6-9-18(21)17(12-15)20(22,23)24/h4-9,12-13H,2-3,10-11H2,1H3,(H2,25,26,28). The van der Waals surface area contributed by atoms with E-state index in [9.17, 15) is 13.2 Å². The van der Waals surface area contributed by atoms with Crippen molar-refractivity contribution in [2.45, 2.75) is 32.0 Å². The molecule has 0 aromatic heterocycles. The minimum absolute atomic E-state index is 0.0954. The lowest BCUT2D eigenvalue weighted by molar-refractivity contribution is -0.137. The van der Waals surface area contributed by atoms with Crippen molar-refractivity contribution in [2.75, 3.05) is 23.3 Å². The number of rotatable bonds is 4. The van der Waals surface area contributed by atoms with Gasteiger partial charge in [-0.1, -0.05) is 23.7 Å². The van der Waals surface area contributed by atoms with E-state index in [-0.39, 0.29) is 21.9 Å². The van der Waals surface area contributed by atoms with Gasteiger partial charge in [-0.05, 0) is 67.9 Å². The zero-order chi connectivity index (χ0) is 20.3. The monoisotopic (exact) mass is 427 g/mol. The summed E-state index contributed by atoms with van der Waals surface area (Å²) in [7, 11) is 0. The van der Waals surface area contributed by atoms with Crippen molar-refractivity contribution in [3.8, 4) is 0 Å². The number of hydrogen-bond donors (Lipinski definition) is 2. The van der Waals surface area contributed by atoms with Gasteiger partial charge in [0.1, 0.15) is 0 Å². The van der Waals surface area contributed by atoms with E-state index < -0.39 is 11.7 Å². The lowest BCUT2D eigenvalue weighted by Gasteiger charge is -2.21. The molecule has 2 aromatic rings. The van der Waals surface area contributed by atoms with Gasteiger partial charge in [-0.2, -0.15) is 13.2 Å². The van der Waals surface area contributed by atoms with Gasteiger partial charge in [0.2, 0.25) is 0 Å². The molecule has 1 fully saturated rings. The highest BCUT2D eigenvalue weighted by Crippen LogP contribution is 2.36. The number of anilines is 2. The van der Waals surface area contributed by atoms with Gasteiger partial charge in [0.05, 0.1) is 16.6 Å². The third-order valence-corrected chi connectivity index (χ3v) is 5.29. The molecule has 28 heavy (non-hydrogen) atoms. The van der Waals surface area contributed by atoms with Crippen molar-refractivity contribution in [2.24, 2.45) is 0 Å². The molecule has 1 aliphatic heterocycles. The topological polar surface area (TPSA) is 27.3 Å². The number of benzene rings is 2. The van der Waals surface area contributed by atoms with Gasteiger partial charge in [0.25, 0.3) is 0 Å². The fraction of sp³-hybridized carbons (Fsp3) is 0.350. The lowest BCUT2D eigenvalue weighted by Crippen LogP contribution is -2.31. The predicted octanol–water partition coefficient (Wildman–Crippen LogP) is 6.01. The molecule has 0 amide bonds. The molecule has 3 rings (SSSR count). The van der Waals surface area contributed by atoms with E-state index in [2.05, 4.69) is 27.7 Å². The highest BCUT2D eigenvalue weighted by Gasteiger charge is 2.33. The SMILES string of the molecule is CC(NC(=S)Nc1ccc(Cl)c(C(F)(F)F)c1)c1ccc(N2CCCC2)cc1. The van der Waals surface area contributed by atoms with Crippen LogP contribution >= 0.6 is 23.8 Å². The second kappa shape index (κ2) is 8.57. The van der Waals surface area contributed by atoms with E-state index in [1.165, 1.54) is 30.7 Å². The zero-order valence-electron chi connectivity index (χ0n) is 15.3. The number of alkyl halides is 3. The quantitative estimate of drug-likeness (QED) is 0.584. The Bertz CT molecular complexity index is 834. The van der Waals surface area contributed by atoms with Gasteiger partial charge in [-0.3, -0.25) is 0 Å². The maximum absolute atomic E-state index is 13.0. The fourth-order valence-electron chi connectivity index (χ4n) is 3.22. The third-order valence-electron chi connectivity index (χ3n) is 4.74. The minimum Gasteiger partial charge on any atom is -0.372 e. The number of thiocarbonyl (C=S) groups is 1. The van der Waals surface area contributed by atoms with Gasteiger partial charge in [0.15, 0.2) is 5.11 Å². The number of nitrogens with zero attached hydrogens (tertiary/aromatic N) is 1. The van der Waals surface area contributed by atoms with Crippen LogP contribution in [-0.2, 0) is 6.18 Å². The van der Waals surface area contributed by atoms with Crippen molar-refractivity contribution in [1.82, 2.24) is 5.32 Å². The van der Waals surface area contributed by atoms with E-state index in [0.717, 1.165) is 24.7 Å². The average Bonchev–Trinajstić information content (AvgIpc) is 3.17. The third kappa shape index (κ3) is 5.08. The summed E-state index contributed by atoms with van der Waals surface area (Å²) in [6, 6.07) is 11.8. The first-order valence-electron chi connectivity index (χ1n) is 9.03. The van der Waals surface area contributed by atoms with Crippen molar-refractivity contribution in [3.63, 3.8) is 0 Å². The highest BCUT2D eigenvalue weighted by atomic mass is 35.5. The van der Waals surface area contributed by atoms with Crippen LogP contribution in [0.5, 0.6) is 0 Å². The van der Waals surface area contributed by atoms with Crippen LogP contribution in [0.1, 0.15) is 36.9 Å². The Labute approximate surface area is 172 Å².